The number of nitrogens with two attached hydrogens (primary N) is 1. The molecule has 0 saturated carbocycles. The van der Waals surface area contributed by atoms with Gasteiger partial charge in [0.25, 0.3) is 0 Å². The second kappa shape index (κ2) is 5.93. The maximum atomic E-state index is 13.6. The monoisotopic (exact) mass is 325 g/mol. The van der Waals surface area contributed by atoms with Crippen molar-refractivity contribution in [3.05, 3.63) is 46.7 Å². The Morgan fingerprint density at radius 1 is 1.16 bits per heavy atom. The van der Waals surface area contributed by atoms with Gasteiger partial charge in [-0.3, -0.25) is 0 Å². The first kappa shape index (κ1) is 13.7. The van der Waals surface area contributed by atoms with Crippen LogP contribution in [0.5, 0.6) is 17.2 Å². The second-order valence-corrected chi connectivity index (χ2v) is 4.69. The molecule has 0 aromatic heterocycles. The number of anilines is 1. The van der Waals surface area contributed by atoms with Crippen LogP contribution in [0.2, 0.25) is 0 Å². The van der Waals surface area contributed by atoms with E-state index in [9.17, 15) is 4.39 Å². The summed E-state index contributed by atoms with van der Waals surface area (Å²) in [4.78, 5) is 0. The first-order chi connectivity index (χ1) is 9.11. The molecule has 0 aliphatic rings. The van der Waals surface area contributed by atoms with Gasteiger partial charge in [0, 0.05) is 4.47 Å². The number of hydrogen-bond donors (Lipinski definition) is 1. The van der Waals surface area contributed by atoms with E-state index in [0.29, 0.717) is 23.8 Å². The number of halogens is 2. The van der Waals surface area contributed by atoms with E-state index in [-0.39, 0.29) is 5.75 Å². The lowest BCUT2D eigenvalue weighted by Crippen LogP contribution is -1.99. The van der Waals surface area contributed by atoms with Gasteiger partial charge in [0.05, 0.1) is 6.61 Å². The molecule has 0 radical (unpaired) electrons. The van der Waals surface area contributed by atoms with Crippen molar-refractivity contribution in [3.8, 4) is 17.2 Å². The number of para-hydroxylation sites is 1. The lowest BCUT2D eigenvalue weighted by molar-refractivity contribution is 0.340. The summed E-state index contributed by atoms with van der Waals surface area (Å²) < 4.78 is 25.2. The first-order valence-electron chi connectivity index (χ1n) is 5.76. The Morgan fingerprint density at radius 3 is 2.63 bits per heavy atom. The number of hydrogen-bond acceptors (Lipinski definition) is 3. The van der Waals surface area contributed by atoms with E-state index in [2.05, 4.69) is 15.9 Å². The standard InChI is InChI=1S/C14H13BrFNO2/c1-2-18-11-4-3-5-12(14(11)17)19-13-8-9(15)6-7-10(13)16/h3-8H,2,17H2,1H3. The highest BCUT2D eigenvalue weighted by atomic mass is 79.9. The Morgan fingerprint density at radius 2 is 1.89 bits per heavy atom. The molecule has 0 heterocycles. The second-order valence-electron chi connectivity index (χ2n) is 3.78. The van der Waals surface area contributed by atoms with E-state index >= 15 is 0 Å². The average Bonchev–Trinajstić information content (AvgIpc) is 2.39. The van der Waals surface area contributed by atoms with Crippen molar-refractivity contribution in [2.24, 2.45) is 0 Å². The fourth-order valence-corrected chi connectivity index (χ4v) is 1.91. The summed E-state index contributed by atoms with van der Waals surface area (Å²) >= 11 is 3.26. The summed E-state index contributed by atoms with van der Waals surface area (Å²) in [5.74, 6) is 0.539. The van der Waals surface area contributed by atoms with Gasteiger partial charge in [-0.2, -0.15) is 0 Å². The van der Waals surface area contributed by atoms with Crippen molar-refractivity contribution in [2.75, 3.05) is 12.3 Å². The molecule has 2 aromatic rings. The summed E-state index contributed by atoms with van der Waals surface area (Å²) in [5.41, 5.74) is 6.27. The average molecular weight is 326 g/mol. The molecule has 0 spiro atoms. The fourth-order valence-electron chi connectivity index (χ4n) is 1.57. The Labute approximate surface area is 119 Å². The van der Waals surface area contributed by atoms with Crippen LogP contribution in [0.15, 0.2) is 40.9 Å². The van der Waals surface area contributed by atoms with Crippen LogP contribution in [0.4, 0.5) is 10.1 Å². The van der Waals surface area contributed by atoms with Gasteiger partial charge in [0.15, 0.2) is 17.3 Å². The van der Waals surface area contributed by atoms with E-state index < -0.39 is 5.82 Å². The number of nitrogen functional groups attached to an aromatic ring is 1. The minimum absolute atomic E-state index is 0.106. The van der Waals surface area contributed by atoms with Gasteiger partial charge >= 0.3 is 0 Å². The van der Waals surface area contributed by atoms with Crippen molar-refractivity contribution >= 4 is 21.6 Å². The molecule has 2 rings (SSSR count). The summed E-state index contributed by atoms with van der Waals surface area (Å²) in [6.45, 7) is 2.36. The van der Waals surface area contributed by atoms with Crippen LogP contribution >= 0.6 is 15.9 Å². The molecule has 0 unspecified atom stereocenters. The van der Waals surface area contributed by atoms with E-state index in [1.54, 1.807) is 30.3 Å². The zero-order chi connectivity index (χ0) is 13.8. The highest BCUT2D eigenvalue weighted by molar-refractivity contribution is 9.10. The third-order valence-corrected chi connectivity index (χ3v) is 2.93. The van der Waals surface area contributed by atoms with Crippen molar-refractivity contribution in [1.82, 2.24) is 0 Å². The normalized spacial score (nSPS) is 10.3. The Hall–Kier alpha value is -1.75. The number of benzene rings is 2. The van der Waals surface area contributed by atoms with E-state index in [0.717, 1.165) is 4.47 Å². The molecular weight excluding hydrogens is 313 g/mol. The topological polar surface area (TPSA) is 44.5 Å². The quantitative estimate of drug-likeness (QED) is 0.849. The molecule has 0 saturated heterocycles. The first-order valence-corrected chi connectivity index (χ1v) is 6.55. The molecule has 0 aliphatic carbocycles. The minimum Gasteiger partial charge on any atom is -0.492 e. The number of ether oxygens (including phenoxy) is 2. The lowest BCUT2D eigenvalue weighted by atomic mass is 10.2. The van der Waals surface area contributed by atoms with Gasteiger partial charge in [0.2, 0.25) is 0 Å². The SMILES string of the molecule is CCOc1cccc(Oc2cc(Br)ccc2F)c1N. The van der Waals surface area contributed by atoms with E-state index in [1.165, 1.54) is 6.07 Å². The smallest absolute Gasteiger partial charge is 0.165 e. The number of rotatable bonds is 4. The molecule has 0 atom stereocenters. The van der Waals surface area contributed by atoms with E-state index in [4.69, 9.17) is 15.2 Å². The van der Waals surface area contributed by atoms with Gasteiger partial charge in [-0.25, -0.2) is 4.39 Å². The Kier molecular flexibility index (Phi) is 4.27. The Balaban J connectivity index is 2.33. The third-order valence-electron chi connectivity index (χ3n) is 2.44. The zero-order valence-corrected chi connectivity index (χ0v) is 11.9. The molecule has 0 bridgehead atoms. The molecule has 3 nitrogen and oxygen atoms in total. The zero-order valence-electron chi connectivity index (χ0n) is 10.3. The van der Waals surface area contributed by atoms with Crippen LogP contribution in [0.25, 0.3) is 0 Å². The molecule has 0 aliphatic heterocycles. The summed E-state index contributed by atoms with van der Waals surface area (Å²) in [6, 6.07) is 9.61. The molecule has 5 heteroatoms. The van der Waals surface area contributed by atoms with Crippen LogP contribution < -0.4 is 15.2 Å². The third kappa shape index (κ3) is 3.17. The van der Waals surface area contributed by atoms with Crippen molar-refractivity contribution in [3.63, 3.8) is 0 Å². The minimum atomic E-state index is -0.454. The summed E-state index contributed by atoms with van der Waals surface area (Å²) in [6.07, 6.45) is 0. The van der Waals surface area contributed by atoms with Gasteiger partial charge in [0.1, 0.15) is 11.4 Å². The summed E-state index contributed by atoms with van der Waals surface area (Å²) in [7, 11) is 0. The highest BCUT2D eigenvalue weighted by Gasteiger charge is 2.11. The van der Waals surface area contributed by atoms with Gasteiger partial charge < -0.3 is 15.2 Å². The Bertz CT molecular complexity index is 590. The molecular formula is C14H13BrFNO2. The summed E-state index contributed by atoms with van der Waals surface area (Å²) in [5, 5.41) is 0. The predicted molar refractivity (Wildman–Crippen MR) is 76.2 cm³/mol. The van der Waals surface area contributed by atoms with Gasteiger partial charge in [-0.05, 0) is 37.3 Å². The van der Waals surface area contributed by atoms with Crippen LogP contribution in [0, 0.1) is 5.82 Å². The maximum absolute atomic E-state index is 13.6. The van der Waals surface area contributed by atoms with Gasteiger partial charge in [-0.1, -0.05) is 22.0 Å². The molecule has 0 fully saturated rings. The molecule has 100 valence electrons. The fraction of sp³-hybridized carbons (Fsp3) is 0.143. The van der Waals surface area contributed by atoms with Gasteiger partial charge in [-0.15, -0.1) is 0 Å². The van der Waals surface area contributed by atoms with Crippen molar-refractivity contribution in [2.45, 2.75) is 6.92 Å². The predicted octanol–water partition coefficient (Wildman–Crippen LogP) is 4.36. The van der Waals surface area contributed by atoms with Crippen molar-refractivity contribution < 1.29 is 13.9 Å². The van der Waals surface area contributed by atoms with Crippen molar-refractivity contribution in [1.29, 1.82) is 0 Å². The largest absolute Gasteiger partial charge is 0.492 e. The molecule has 2 aromatic carbocycles. The molecule has 2 N–H and O–H groups in total. The molecule has 19 heavy (non-hydrogen) atoms. The van der Waals surface area contributed by atoms with E-state index in [1.807, 2.05) is 6.92 Å². The van der Waals surface area contributed by atoms with Crippen LogP contribution in [-0.4, -0.2) is 6.61 Å². The maximum Gasteiger partial charge on any atom is 0.165 e. The molecule has 0 amide bonds. The van der Waals surface area contributed by atoms with Crippen LogP contribution in [0.1, 0.15) is 6.92 Å². The van der Waals surface area contributed by atoms with Crippen LogP contribution in [-0.2, 0) is 0 Å². The van der Waals surface area contributed by atoms with Crippen LogP contribution in [0.3, 0.4) is 0 Å². The lowest BCUT2D eigenvalue weighted by Gasteiger charge is -2.12. The highest BCUT2D eigenvalue weighted by Crippen LogP contribution is 2.36.